The molecule has 0 heterocycles. The van der Waals surface area contributed by atoms with Crippen molar-refractivity contribution in [3.8, 4) is 0 Å². The van der Waals surface area contributed by atoms with Crippen molar-refractivity contribution < 1.29 is 0 Å². The maximum atomic E-state index is 2.38. The van der Waals surface area contributed by atoms with Crippen molar-refractivity contribution in [3.05, 3.63) is 41.5 Å². The fraction of sp³-hybridized carbons (Fsp3) is 0.467. The summed E-state index contributed by atoms with van der Waals surface area (Å²) < 4.78 is 0. The Morgan fingerprint density at radius 1 is 1.13 bits per heavy atom. The molecule has 0 N–H and O–H groups in total. The molecule has 1 saturated carbocycles. The van der Waals surface area contributed by atoms with Crippen molar-refractivity contribution in [2.45, 2.75) is 39.5 Å². The first-order chi connectivity index (χ1) is 7.16. The van der Waals surface area contributed by atoms with E-state index in [1.807, 2.05) is 0 Å². The van der Waals surface area contributed by atoms with Crippen LogP contribution in [0.4, 0.5) is 0 Å². The maximum Gasteiger partial charge on any atom is -0.0257 e. The lowest BCUT2D eigenvalue weighted by molar-refractivity contribution is 0.290. The molecule has 0 bridgehead atoms. The van der Waals surface area contributed by atoms with E-state index in [-0.39, 0.29) is 0 Å². The Bertz CT molecular complexity index is 344. The van der Waals surface area contributed by atoms with E-state index < -0.39 is 0 Å². The molecular formula is C15H20. The van der Waals surface area contributed by atoms with Gasteiger partial charge in [-0.15, -0.1) is 0 Å². The Morgan fingerprint density at radius 2 is 1.87 bits per heavy atom. The first kappa shape index (κ1) is 10.5. The first-order valence-corrected chi connectivity index (χ1v) is 5.90. The Labute approximate surface area is 93.0 Å². The second kappa shape index (κ2) is 4.22. The Morgan fingerprint density at radius 3 is 2.53 bits per heavy atom. The summed E-state index contributed by atoms with van der Waals surface area (Å²) in [5, 5.41) is 0. The van der Waals surface area contributed by atoms with Crippen LogP contribution in [0.2, 0.25) is 0 Å². The molecule has 0 radical (unpaired) electrons. The molecule has 1 fully saturated rings. The van der Waals surface area contributed by atoms with Crippen molar-refractivity contribution in [1.29, 1.82) is 0 Å². The molecule has 0 aliphatic heterocycles. The summed E-state index contributed by atoms with van der Waals surface area (Å²) in [5.41, 5.74) is 3.49. The van der Waals surface area contributed by atoms with Crippen LogP contribution in [0.5, 0.6) is 0 Å². The van der Waals surface area contributed by atoms with Gasteiger partial charge in [0.1, 0.15) is 0 Å². The topological polar surface area (TPSA) is 0 Å². The third kappa shape index (κ3) is 2.95. The maximum absolute atomic E-state index is 2.38. The standard InChI is InChI=1S/C15H20/c1-15(2)10-6-9-14(12-15)11-13-7-4-3-5-8-13/h3-5,7-8,11H,6,9-10,12H2,1-2H3/b14-11-. The molecule has 0 unspecified atom stereocenters. The first-order valence-electron chi connectivity index (χ1n) is 5.90. The van der Waals surface area contributed by atoms with Crippen LogP contribution in [-0.4, -0.2) is 0 Å². The van der Waals surface area contributed by atoms with E-state index in [2.05, 4.69) is 50.3 Å². The summed E-state index contributed by atoms with van der Waals surface area (Å²) in [6.45, 7) is 4.76. The molecule has 15 heavy (non-hydrogen) atoms. The van der Waals surface area contributed by atoms with Gasteiger partial charge in [-0.2, -0.15) is 0 Å². The summed E-state index contributed by atoms with van der Waals surface area (Å²) in [6.07, 6.45) is 7.66. The van der Waals surface area contributed by atoms with E-state index in [1.54, 1.807) is 5.57 Å². The summed E-state index contributed by atoms with van der Waals surface area (Å²) in [6, 6.07) is 10.7. The van der Waals surface area contributed by atoms with Crippen molar-refractivity contribution in [3.63, 3.8) is 0 Å². The zero-order valence-electron chi connectivity index (χ0n) is 9.79. The van der Waals surface area contributed by atoms with Gasteiger partial charge >= 0.3 is 0 Å². The molecule has 0 atom stereocenters. The van der Waals surface area contributed by atoms with Gasteiger partial charge in [0, 0.05) is 0 Å². The molecule has 0 aromatic heterocycles. The minimum Gasteiger partial charge on any atom is -0.0691 e. The lowest BCUT2D eigenvalue weighted by Gasteiger charge is -2.31. The molecule has 0 heteroatoms. The molecule has 1 aliphatic rings. The van der Waals surface area contributed by atoms with Gasteiger partial charge in [-0.05, 0) is 36.7 Å². The van der Waals surface area contributed by atoms with Crippen LogP contribution in [0.3, 0.4) is 0 Å². The predicted molar refractivity (Wildman–Crippen MR) is 66.7 cm³/mol. The van der Waals surface area contributed by atoms with Gasteiger partial charge in [-0.25, -0.2) is 0 Å². The van der Waals surface area contributed by atoms with Gasteiger partial charge in [-0.1, -0.05) is 55.8 Å². The van der Waals surface area contributed by atoms with Gasteiger partial charge in [0.15, 0.2) is 0 Å². The highest BCUT2D eigenvalue weighted by Gasteiger charge is 2.23. The highest BCUT2D eigenvalue weighted by Crippen LogP contribution is 2.38. The number of hydrogen-bond acceptors (Lipinski definition) is 0. The molecule has 0 amide bonds. The molecule has 2 rings (SSSR count). The lowest BCUT2D eigenvalue weighted by atomic mass is 9.75. The van der Waals surface area contributed by atoms with E-state index in [9.17, 15) is 0 Å². The molecule has 1 aliphatic carbocycles. The van der Waals surface area contributed by atoms with Crippen LogP contribution in [0.1, 0.15) is 45.1 Å². The van der Waals surface area contributed by atoms with Gasteiger partial charge in [0.25, 0.3) is 0 Å². The van der Waals surface area contributed by atoms with Crippen LogP contribution in [0.25, 0.3) is 6.08 Å². The Balaban J connectivity index is 2.14. The van der Waals surface area contributed by atoms with Crippen molar-refractivity contribution in [2.75, 3.05) is 0 Å². The summed E-state index contributed by atoms with van der Waals surface area (Å²) in [7, 11) is 0. The van der Waals surface area contributed by atoms with Gasteiger partial charge < -0.3 is 0 Å². The highest BCUT2D eigenvalue weighted by atomic mass is 14.3. The molecule has 0 spiro atoms. The highest BCUT2D eigenvalue weighted by molar-refractivity contribution is 5.53. The largest absolute Gasteiger partial charge is 0.0691 e. The lowest BCUT2D eigenvalue weighted by Crippen LogP contribution is -2.16. The average molecular weight is 200 g/mol. The van der Waals surface area contributed by atoms with Crippen LogP contribution in [0, 0.1) is 5.41 Å². The fourth-order valence-electron chi connectivity index (χ4n) is 2.49. The molecular weight excluding hydrogens is 180 g/mol. The number of benzene rings is 1. The smallest absolute Gasteiger partial charge is 0.0257 e. The van der Waals surface area contributed by atoms with Crippen LogP contribution in [-0.2, 0) is 0 Å². The van der Waals surface area contributed by atoms with E-state index in [4.69, 9.17) is 0 Å². The predicted octanol–water partition coefficient (Wildman–Crippen LogP) is 4.67. The van der Waals surface area contributed by atoms with E-state index in [1.165, 1.54) is 31.2 Å². The number of rotatable bonds is 1. The van der Waals surface area contributed by atoms with Crippen LogP contribution in [0.15, 0.2) is 35.9 Å². The quantitative estimate of drug-likeness (QED) is 0.618. The summed E-state index contributed by atoms with van der Waals surface area (Å²) in [4.78, 5) is 0. The summed E-state index contributed by atoms with van der Waals surface area (Å²) >= 11 is 0. The zero-order valence-corrected chi connectivity index (χ0v) is 9.79. The molecule has 1 aromatic rings. The van der Waals surface area contributed by atoms with E-state index in [0.717, 1.165) is 0 Å². The monoisotopic (exact) mass is 200 g/mol. The minimum absolute atomic E-state index is 0.513. The van der Waals surface area contributed by atoms with Crippen LogP contribution >= 0.6 is 0 Å². The fourth-order valence-corrected chi connectivity index (χ4v) is 2.49. The average Bonchev–Trinajstić information content (AvgIpc) is 2.17. The second-order valence-corrected chi connectivity index (χ2v) is 5.41. The second-order valence-electron chi connectivity index (χ2n) is 5.41. The van der Waals surface area contributed by atoms with E-state index in [0.29, 0.717) is 5.41 Å². The van der Waals surface area contributed by atoms with Crippen LogP contribution < -0.4 is 0 Å². The molecule has 80 valence electrons. The van der Waals surface area contributed by atoms with E-state index >= 15 is 0 Å². The Hall–Kier alpha value is -1.04. The normalized spacial score (nSPS) is 22.9. The third-order valence-electron chi connectivity index (χ3n) is 3.23. The van der Waals surface area contributed by atoms with Gasteiger partial charge in [-0.3, -0.25) is 0 Å². The van der Waals surface area contributed by atoms with Crippen molar-refractivity contribution in [1.82, 2.24) is 0 Å². The molecule has 0 saturated heterocycles. The molecule has 1 aromatic carbocycles. The summed E-state index contributed by atoms with van der Waals surface area (Å²) in [5.74, 6) is 0. The van der Waals surface area contributed by atoms with Gasteiger partial charge in [0.2, 0.25) is 0 Å². The molecule has 0 nitrogen and oxygen atoms in total. The van der Waals surface area contributed by atoms with Crippen molar-refractivity contribution >= 4 is 6.08 Å². The minimum atomic E-state index is 0.513. The van der Waals surface area contributed by atoms with Gasteiger partial charge in [0.05, 0.1) is 0 Å². The third-order valence-corrected chi connectivity index (χ3v) is 3.23. The number of hydrogen-bond donors (Lipinski definition) is 0. The van der Waals surface area contributed by atoms with Crippen molar-refractivity contribution in [2.24, 2.45) is 5.41 Å². The Kier molecular flexibility index (Phi) is 2.95. The number of allylic oxidation sites excluding steroid dienone is 1. The SMILES string of the molecule is CC1(C)CCC/C(=C/c2ccccc2)C1. The zero-order chi connectivity index (χ0) is 10.7.